The molecule has 2 nitrogen and oxygen atoms in total. The van der Waals surface area contributed by atoms with Crippen LogP contribution in [0.1, 0.15) is 61.5 Å². The SMILES string of the molecule is S=c1nc(C2CCCCC2)[nH]c2c1CCC2. The van der Waals surface area contributed by atoms with E-state index in [-0.39, 0.29) is 0 Å². The average Bonchev–Trinajstić information content (AvgIpc) is 2.79. The predicted molar refractivity (Wildman–Crippen MR) is 67.3 cm³/mol. The lowest BCUT2D eigenvalue weighted by Gasteiger charge is -2.21. The van der Waals surface area contributed by atoms with Crippen molar-refractivity contribution in [2.75, 3.05) is 0 Å². The van der Waals surface area contributed by atoms with Gasteiger partial charge in [0.25, 0.3) is 0 Å². The Balaban J connectivity index is 1.96. The van der Waals surface area contributed by atoms with Crippen LogP contribution >= 0.6 is 12.2 Å². The quantitative estimate of drug-likeness (QED) is 0.751. The molecule has 0 radical (unpaired) electrons. The molecule has 0 aromatic carbocycles. The van der Waals surface area contributed by atoms with Crippen LogP contribution in [0, 0.1) is 4.64 Å². The van der Waals surface area contributed by atoms with Crippen molar-refractivity contribution in [1.29, 1.82) is 0 Å². The molecule has 16 heavy (non-hydrogen) atoms. The van der Waals surface area contributed by atoms with Crippen LogP contribution in [0.25, 0.3) is 0 Å². The van der Waals surface area contributed by atoms with Gasteiger partial charge in [0.2, 0.25) is 0 Å². The molecule has 1 fully saturated rings. The first kappa shape index (κ1) is 10.5. The first-order chi connectivity index (χ1) is 7.84. The van der Waals surface area contributed by atoms with E-state index in [9.17, 15) is 0 Å². The van der Waals surface area contributed by atoms with Crippen molar-refractivity contribution in [1.82, 2.24) is 9.97 Å². The zero-order chi connectivity index (χ0) is 11.0. The summed E-state index contributed by atoms with van der Waals surface area (Å²) in [6.07, 6.45) is 10.2. The van der Waals surface area contributed by atoms with Crippen molar-refractivity contribution >= 4 is 12.2 Å². The van der Waals surface area contributed by atoms with Gasteiger partial charge in [-0.3, -0.25) is 0 Å². The smallest absolute Gasteiger partial charge is 0.133 e. The van der Waals surface area contributed by atoms with Gasteiger partial charge in [-0.1, -0.05) is 31.5 Å². The molecule has 2 aliphatic rings. The van der Waals surface area contributed by atoms with E-state index in [1.54, 1.807) is 0 Å². The molecule has 86 valence electrons. The Hall–Kier alpha value is -0.700. The van der Waals surface area contributed by atoms with Crippen LogP contribution in [0.4, 0.5) is 0 Å². The Bertz CT molecular complexity index is 444. The first-order valence-electron chi connectivity index (χ1n) is 6.46. The third-order valence-corrected chi connectivity index (χ3v) is 4.31. The van der Waals surface area contributed by atoms with Gasteiger partial charge in [-0.15, -0.1) is 0 Å². The minimum absolute atomic E-state index is 0.640. The number of rotatable bonds is 1. The van der Waals surface area contributed by atoms with Crippen molar-refractivity contribution in [3.8, 4) is 0 Å². The number of nitrogens with zero attached hydrogens (tertiary/aromatic N) is 1. The van der Waals surface area contributed by atoms with E-state index in [2.05, 4.69) is 9.97 Å². The van der Waals surface area contributed by atoms with E-state index in [0.717, 1.165) is 11.1 Å². The summed E-state index contributed by atoms with van der Waals surface area (Å²) >= 11 is 5.40. The highest BCUT2D eigenvalue weighted by molar-refractivity contribution is 7.71. The number of aromatic amines is 1. The summed E-state index contributed by atoms with van der Waals surface area (Å²) in [7, 11) is 0. The third-order valence-electron chi connectivity index (χ3n) is 3.97. The summed E-state index contributed by atoms with van der Waals surface area (Å²) in [4.78, 5) is 8.19. The second kappa shape index (κ2) is 4.28. The van der Waals surface area contributed by atoms with E-state index in [1.165, 1.54) is 62.0 Å². The van der Waals surface area contributed by atoms with Crippen LogP contribution in [-0.4, -0.2) is 9.97 Å². The Morgan fingerprint density at radius 3 is 2.69 bits per heavy atom. The Labute approximate surface area is 102 Å². The lowest BCUT2D eigenvalue weighted by atomic mass is 9.88. The van der Waals surface area contributed by atoms with Gasteiger partial charge in [-0.2, -0.15) is 0 Å². The molecule has 0 spiro atoms. The molecule has 1 N–H and O–H groups in total. The number of aromatic nitrogens is 2. The fourth-order valence-electron chi connectivity index (χ4n) is 3.05. The molecule has 0 bridgehead atoms. The number of hydrogen-bond acceptors (Lipinski definition) is 2. The molecule has 0 unspecified atom stereocenters. The highest BCUT2D eigenvalue weighted by Crippen LogP contribution is 2.32. The van der Waals surface area contributed by atoms with Crippen molar-refractivity contribution in [2.24, 2.45) is 0 Å². The molecule has 0 atom stereocenters. The zero-order valence-corrected chi connectivity index (χ0v) is 10.4. The number of nitrogens with one attached hydrogen (secondary N) is 1. The van der Waals surface area contributed by atoms with Crippen LogP contribution in [0.5, 0.6) is 0 Å². The largest absolute Gasteiger partial charge is 0.347 e. The molecule has 2 aliphatic carbocycles. The molecule has 1 aromatic rings. The van der Waals surface area contributed by atoms with Crippen LogP contribution in [0.2, 0.25) is 0 Å². The van der Waals surface area contributed by atoms with Crippen molar-refractivity contribution < 1.29 is 0 Å². The molecule has 3 heteroatoms. The summed E-state index contributed by atoms with van der Waals surface area (Å²) < 4.78 is 0.867. The molecule has 0 saturated heterocycles. The van der Waals surface area contributed by atoms with Crippen LogP contribution in [0.3, 0.4) is 0 Å². The minimum Gasteiger partial charge on any atom is -0.347 e. The summed E-state index contributed by atoms with van der Waals surface area (Å²) in [5, 5.41) is 0. The normalized spacial score (nSPS) is 21.0. The van der Waals surface area contributed by atoms with Crippen LogP contribution in [-0.2, 0) is 12.8 Å². The van der Waals surface area contributed by atoms with E-state index < -0.39 is 0 Å². The van der Waals surface area contributed by atoms with Crippen LogP contribution < -0.4 is 0 Å². The summed E-state index contributed by atoms with van der Waals surface area (Å²) in [6, 6.07) is 0. The van der Waals surface area contributed by atoms with E-state index >= 15 is 0 Å². The van der Waals surface area contributed by atoms with E-state index in [0.29, 0.717) is 5.92 Å². The first-order valence-corrected chi connectivity index (χ1v) is 6.87. The molecular weight excluding hydrogens is 216 g/mol. The summed E-state index contributed by atoms with van der Waals surface area (Å²) in [6.45, 7) is 0. The van der Waals surface area contributed by atoms with Gasteiger partial charge in [0.1, 0.15) is 10.5 Å². The number of aryl methyl sites for hydroxylation is 1. The fourth-order valence-corrected chi connectivity index (χ4v) is 3.37. The maximum absolute atomic E-state index is 5.40. The topological polar surface area (TPSA) is 28.7 Å². The third kappa shape index (κ3) is 1.81. The predicted octanol–water partition coefficient (Wildman–Crippen LogP) is 3.68. The van der Waals surface area contributed by atoms with Crippen molar-refractivity contribution in [2.45, 2.75) is 57.3 Å². The van der Waals surface area contributed by atoms with Gasteiger partial charge in [0.05, 0.1) is 0 Å². The monoisotopic (exact) mass is 234 g/mol. The highest BCUT2D eigenvalue weighted by atomic mass is 32.1. The molecule has 1 aromatic heterocycles. The lowest BCUT2D eigenvalue weighted by Crippen LogP contribution is -2.10. The standard InChI is InChI=1S/C13H18N2S/c16-13-10-7-4-8-11(10)14-12(15-13)9-5-2-1-3-6-9/h9H,1-8H2,(H,14,15,16). The second-order valence-electron chi connectivity index (χ2n) is 5.07. The van der Waals surface area contributed by atoms with Crippen LogP contribution in [0.15, 0.2) is 0 Å². The fraction of sp³-hybridized carbons (Fsp3) is 0.692. The molecule has 0 aliphatic heterocycles. The average molecular weight is 234 g/mol. The second-order valence-corrected chi connectivity index (χ2v) is 5.46. The Morgan fingerprint density at radius 2 is 1.88 bits per heavy atom. The van der Waals surface area contributed by atoms with Crippen molar-refractivity contribution in [3.05, 3.63) is 21.7 Å². The van der Waals surface area contributed by atoms with Crippen molar-refractivity contribution in [3.63, 3.8) is 0 Å². The number of fused-ring (bicyclic) bond motifs is 1. The van der Waals surface area contributed by atoms with Gasteiger partial charge in [0.15, 0.2) is 0 Å². The molecule has 1 saturated carbocycles. The van der Waals surface area contributed by atoms with Gasteiger partial charge in [-0.25, -0.2) is 4.98 Å². The highest BCUT2D eigenvalue weighted by Gasteiger charge is 2.21. The molecule has 0 amide bonds. The number of H-pyrrole nitrogens is 1. The summed E-state index contributed by atoms with van der Waals surface area (Å²) in [5.74, 6) is 1.81. The molecule has 3 rings (SSSR count). The van der Waals surface area contributed by atoms with E-state index in [4.69, 9.17) is 12.2 Å². The number of hydrogen-bond donors (Lipinski definition) is 1. The zero-order valence-electron chi connectivity index (χ0n) is 9.59. The maximum Gasteiger partial charge on any atom is 0.133 e. The van der Waals surface area contributed by atoms with Gasteiger partial charge in [0, 0.05) is 17.2 Å². The molecular formula is C13H18N2S. The lowest BCUT2D eigenvalue weighted by molar-refractivity contribution is 0.427. The van der Waals surface area contributed by atoms with Gasteiger partial charge >= 0.3 is 0 Å². The minimum atomic E-state index is 0.640. The Morgan fingerprint density at radius 1 is 1.06 bits per heavy atom. The van der Waals surface area contributed by atoms with E-state index in [1.807, 2.05) is 0 Å². The van der Waals surface area contributed by atoms with Gasteiger partial charge < -0.3 is 4.98 Å². The molecule has 1 heterocycles. The Kier molecular flexibility index (Phi) is 2.80. The summed E-state index contributed by atoms with van der Waals surface area (Å²) in [5.41, 5.74) is 2.69. The maximum atomic E-state index is 5.40. The van der Waals surface area contributed by atoms with Gasteiger partial charge in [-0.05, 0) is 32.1 Å².